The van der Waals surface area contributed by atoms with Gasteiger partial charge in [-0.3, -0.25) is 4.79 Å². The first-order chi connectivity index (χ1) is 11.3. The maximum Gasteiger partial charge on any atom is 0.261 e. The van der Waals surface area contributed by atoms with E-state index in [0.717, 1.165) is 48.0 Å². The molecule has 0 aromatic carbocycles. The Labute approximate surface area is 144 Å². The van der Waals surface area contributed by atoms with E-state index in [1.165, 1.54) is 4.88 Å². The van der Waals surface area contributed by atoms with Gasteiger partial charge >= 0.3 is 0 Å². The number of carbonyl (C=O) groups excluding carboxylic acids is 1. The fraction of sp³-hybridized carbons (Fsp3) is 0.471. The van der Waals surface area contributed by atoms with Gasteiger partial charge in [-0.1, -0.05) is 0 Å². The molecule has 0 bridgehead atoms. The minimum absolute atomic E-state index is 0.0234. The van der Waals surface area contributed by atoms with Crippen LogP contribution in [0.4, 0.5) is 0 Å². The SMILES string of the molecule is O=C(NCCCSCc1ccco1)c1ccc([C@H]2CCCO2)s1. The Kier molecular flexibility index (Phi) is 6.19. The van der Waals surface area contributed by atoms with Crippen LogP contribution < -0.4 is 5.32 Å². The zero-order valence-corrected chi connectivity index (χ0v) is 14.6. The van der Waals surface area contributed by atoms with Gasteiger partial charge in [-0.25, -0.2) is 0 Å². The van der Waals surface area contributed by atoms with Crippen LogP contribution in [-0.4, -0.2) is 24.8 Å². The highest BCUT2D eigenvalue weighted by atomic mass is 32.2. The molecule has 124 valence electrons. The van der Waals surface area contributed by atoms with Crippen molar-refractivity contribution in [1.82, 2.24) is 5.32 Å². The van der Waals surface area contributed by atoms with Gasteiger partial charge in [0.2, 0.25) is 0 Å². The lowest BCUT2D eigenvalue weighted by Gasteiger charge is -2.05. The van der Waals surface area contributed by atoms with Crippen LogP contribution in [0.5, 0.6) is 0 Å². The number of hydrogen-bond acceptors (Lipinski definition) is 5. The van der Waals surface area contributed by atoms with Crippen molar-refractivity contribution in [1.29, 1.82) is 0 Å². The lowest BCUT2D eigenvalue weighted by molar-refractivity contribution is 0.0958. The van der Waals surface area contributed by atoms with E-state index in [-0.39, 0.29) is 12.0 Å². The number of rotatable bonds is 8. The van der Waals surface area contributed by atoms with Gasteiger partial charge in [0.1, 0.15) is 5.76 Å². The first-order valence-corrected chi connectivity index (χ1v) is 9.90. The summed E-state index contributed by atoms with van der Waals surface area (Å²) < 4.78 is 10.9. The van der Waals surface area contributed by atoms with E-state index in [0.29, 0.717) is 6.54 Å². The lowest BCUT2D eigenvalue weighted by atomic mass is 10.2. The highest BCUT2D eigenvalue weighted by molar-refractivity contribution is 7.98. The third kappa shape index (κ3) is 4.86. The van der Waals surface area contributed by atoms with Gasteiger partial charge in [0.15, 0.2) is 0 Å². The topological polar surface area (TPSA) is 51.5 Å². The average Bonchev–Trinajstić information content (AvgIpc) is 3.32. The normalized spacial score (nSPS) is 17.5. The van der Waals surface area contributed by atoms with Gasteiger partial charge in [0, 0.05) is 18.0 Å². The minimum atomic E-state index is 0.0234. The van der Waals surface area contributed by atoms with Gasteiger partial charge in [0.05, 0.1) is 23.0 Å². The van der Waals surface area contributed by atoms with Crippen LogP contribution >= 0.6 is 23.1 Å². The summed E-state index contributed by atoms with van der Waals surface area (Å²) in [4.78, 5) is 14.1. The molecule has 1 aliphatic rings. The Morgan fingerprint density at radius 3 is 3.13 bits per heavy atom. The highest BCUT2D eigenvalue weighted by Crippen LogP contribution is 2.33. The van der Waals surface area contributed by atoms with E-state index in [4.69, 9.17) is 9.15 Å². The molecule has 0 aliphatic carbocycles. The smallest absolute Gasteiger partial charge is 0.261 e. The Hall–Kier alpha value is -1.24. The molecule has 0 saturated carbocycles. The molecule has 1 aliphatic heterocycles. The third-order valence-electron chi connectivity index (χ3n) is 3.67. The molecule has 6 heteroatoms. The molecule has 23 heavy (non-hydrogen) atoms. The molecule has 0 spiro atoms. The second-order valence-electron chi connectivity index (χ2n) is 5.45. The summed E-state index contributed by atoms with van der Waals surface area (Å²) >= 11 is 3.37. The number of hydrogen-bond donors (Lipinski definition) is 1. The zero-order chi connectivity index (χ0) is 15.9. The first kappa shape index (κ1) is 16.6. The van der Waals surface area contributed by atoms with E-state index < -0.39 is 0 Å². The van der Waals surface area contributed by atoms with Crippen molar-refractivity contribution < 1.29 is 13.9 Å². The summed E-state index contributed by atoms with van der Waals surface area (Å²) in [7, 11) is 0. The van der Waals surface area contributed by atoms with Crippen molar-refractivity contribution in [2.75, 3.05) is 18.9 Å². The van der Waals surface area contributed by atoms with Crippen molar-refractivity contribution in [2.45, 2.75) is 31.1 Å². The second kappa shape index (κ2) is 8.57. The molecule has 4 nitrogen and oxygen atoms in total. The molecule has 2 aromatic rings. The summed E-state index contributed by atoms with van der Waals surface area (Å²) in [6.45, 7) is 1.54. The largest absolute Gasteiger partial charge is 0.468 e. The van der Waals surface area contributed by atoms with Crippen LogP contribution in [0.3, 0.4) is 0 Å². The van der Waals surface area contributed by atoms with Gasteiger partial charge < -0.3 is 14.5 Å². The Balaban J connectivity index is 1.33. The van der Waals surface area contributed by atoms with Gasteiger partial charge in [0.25, 0.3) is 5.91 Å². The minimum Gasteiger partial charge on any atom is -0.468 e. The van der Waals surface area contributed by atoms with Gasteiger partial charge in [-0.15, -0.1) is 11.3 Å². The van der Waals surface area contributed by atoms with Crippen LogP contribution in [0.1, 0.15) is 45.7 Å². The molecule has 1 amide bonds. The van der Waals surface area contributed by atoms with Crippen molar-refractivity contribution in [3.8, 4) is 0 Å². The molecule has 1 atom stereocenters. The van der Waals surface area contributed by atoms with Crippen LogP contribution in [0.2, 0.25) is 0 Å². The molecular weight excluding hydrogens is 330 g/mol. The van der Waals surface area contributed by atoms with Crippen molar-refractivity contribution >= 4 is 29.0 Å². The molecule has 0 unspecified atom stereocenters. The maximum atomic E-state index is 12.1. The zero-order valence-electron chi connectivity index (χ0n) is 13.0. The Morgan fingerprint density at radius 1 is 1.39 bits per heavy atom. The average molecular weight is 351 g/mol. The molecule has 1 saturated heterocycles. The van der Waals surface area contributed by atoms with Crippen molar-refractivity contribution in [2.24, 2.45) is 0 Å². The monoisotopic (exact) mass is 351 g/mol. The van der Waals surface area contributed by atoms with Crippen LogP contribution in [0.25, 0.3) is 0 Å². The van der Waals surface area contributed by atoms with E-state index in [9.17, 15) is 4.79 Å². The molecule has 1 fully saturated rings. The second-order valence-corrected chi connectivity index (χ2v) is 7.67. The summed E-state index contributed by atoms with van der Waals surface area (Å²) in [6.07, 6.45) is 5.02. The number of thiophene rings is 1. The number of ether oxygens (including phenoxy) is 1. The summed E-state index contributed by atoms with van der Waals surface area (Å²) in [5.41, 5.74) is 0. The van der Waals surface area contributed by atoms with Crippen molar-refractivity contribution in [3.05, 3.63) is 46.0 Å². The summed E-state index contributed by atoms with van der Waals surface area (Å²) in [5.74, 6) is 2.91. The van der Waals surface area contributed by atoms with Gasteiger partial charge in [-0.2, -0.15) is 11.8 Å². The number of amides is 1. The molecule has 1 N–H and O–H groups in total. The molecule has 0 radical (unpaired) electrons. The maximum absolute atomic E-state index is 12.1. The third-order valence-corrected chi connectivity index (χ3v) is 5.92. The first-order valence-electron chi connectivity index (χ1n) is 7.92. The standard InChI is InChI=1S/C17H21NO3S2/c19-17(16-7-6-15(23-16)14-5-2-10-21-14)18-8-3-11-22-12-13-4-1-9-20-13/h1,4,6-7,9,14H,2-3,5,8,10-12H2,(H,18,19)/t14-/m1/s1. The summed E-state index contributed by atoms with van der Waals surface area (Å²) in [5, 5.41) is 2.99. The molecule has 3 heterocycles. The number of carbonyl (C=O) groups is 1. The fourth-order valence-electron chi connectivity index (χ4n) is 2.48. The summed E-state index contributed by atoms with van der Waals surface area (Å²) in [6, 6.07) is 7.82. The van der Waals surface area contributed by atoms with Crippen LogP contribution in [-0.2, 0) is 10.5 Å². The molecule has 2 aromatic heterocycles. The fourth-order valence-corrected chi connectivity index (χ4v) is 4.35. The number of nitrogens with one attached hydrogen (secondary N) is 1. The predicted octanol–water partition coefficient (Wildman–Crippen LogP) is 4.25. The van der Waals surface area contributed by atoms with E-state index in [2.05, 4.69) is 5.32 Å². The quantitative estimate of drug-likeness (QED) is 0.723. The van der Waals surface area contributed by atoms with Gasteiger partial charge in [-0.05, 0) is 49.3 Å². The molecule has 3 rings (SSSR count). The van der Waals surface area contributed by atoms with E-state index in [1.54, 1.807) is 17.6 Å². The number of furan rings is 1. The van der Waals surface area contributed by atoms with Crippen molar-refractivity contribution in [3.63, 3.8) is 0 Å². The molecular formula is C17H21NO3S2. The predicted molar refractivity (Wildman–Crippen MR) is 94.1 cm³/mol. The van der Waals surface area contributed by atoms with Crippen LogP contribution in [0.15, 0.2) is 34.9 Å². The number of thioether (sulfide) groups is 1. The van der Waals surface area contributed by atoms with Crippen LogP contribution in [0, 0.1) is 0 Å². The lowest BCUT2D eigenvalue weighted by Crippen LogP contribution is -2.23. The Bertz CT molecular complexity index is 603. The Morgan fingerprint density at radius 2 is 2.35 bits per heavy atom. The van der Waals surface area contributed by atoms with E-state index in [1.807, 2.05) is 36.0 Å². The van der Waals surface area contributed by atoms with E-state index >= 15 is 0 Å². The highest BCUT2D eigenvalue weighted by Gasteiger charge is 2.20.